The Morgan fingerprint density at radius 3 is 2.82 bits per heavy atom. The zero-order valence-corrected chi connectivity index (χ0v) is 11.2. The molecule has 2 atom stereocenters. The molecule has 3 N–H and O–H groups in total. The average molecular weight is 257 g/mol. The minimum absolute atomic E-state index is 0.00530. The highest BCUT2D eigenvalue weighted by molar-refractivity contribution is 7.99. The maximum absolute atomic E-state index is 11.6. The van der Waals surface area contributed by atoms with Crippen LogP contribution < -0.4 is 16.0 Å². The van der Waals surface area contributed by atoms with Gasteiger partial charge in [-0.05, 0) is 49.7 Å². The molecule has 0 aromatic rings. The van der Waals surface area contributed by atoms with Gasteiger partial charge in [0.15, 0.2) is 0 Å². The van der Waals surface area contributed by atoms with Gasteiger partial charge in [0.05, 0.1) is 0 Å². The number of thioether (sulfide) groups is 1. The molecule has 17 heavy (non-hydrogen) atoms. The number of urea groups is 1. The molecule has 2 saturated heterocycles. The van der Waals surface area contributed by atoms with Gasteiger partial charge in [0, 0.05) is 19.1 Å². The highest BCUT2D eigenvalue weighted by Crippen LogP contribution is 2.21. The SMILES string of the molecule is O=C(NCC1CCCSC1)NCC1CCCN1. The smallest absolute Gasteiger partial charge is 0.314 e. The lowest BCUT2D eigenvalue weighted by Crippen LogP contribution is -2.44. The number of nitrogens with one attached hydrogen (secondary N) is 3. The van der Waals surface area contributed by atoms with Crippen molar-refractivity contribution in [3.63, 3.8) is 0 Å². The van der Waals surface area contributed by atoms with Gasteiger partial charge in [-0.25, -0.2) is 4.79 Å². The maximum atomic E-state index is 11.6. The molecular formula is C12H23N3OS. The Balaban J connectivity index is 1.53. The molecule has 2 heterocycles. The molecule has 2 aliphatic heterocycles. The first-order valence-electron chi connectivity index (χ1n) is 6.67. The van der Waals surface area contributed by atoms with Crippen molar-refractivity contribution in [2.45, 2.75) is 31.7 Å². The van der Waals surface area contributed by atoms with Gasteiger partial charge in [0.25, 0.3) is 0 Å². The fourth-order valence-corrected chi connectivity index (χ4v) is 3.57. The van der Waals surface area contributed by atoms with Crippen LogP contribution in [0.5, 0.6) is 0 Å². The van der Waals surface area contributed by atoms with E-state index >= 15 is 0 Å². The van der Waals surface area contributed by atoms with Crippen LogP contribution in [0.25, 0.3) is 0 Å². The number of carbonyl (C=O) groups is 1. The second-order valence-corrected chi connectivity index (χ2v) is 6.12. The fraction of sp³-hybridized carbons (Fsp3) is 0.917. The van der Waals surface area contributed by atoms with Crippen LogP contribution in [0, 0.1) is 5.92 Å². The molecule has 0 radical (unpaired) electrons. The highest BCUT2D eigenvalue weighted by Gasteiger charge is 2.16. The minimum Gasteiger partial charge on any atom is -0.338 e. The van der Waals surface area contributed by atoms with Gasteiger partial charge in [0.1, 0.15) is 0 Å². The van der Waals surface area contributed by atoms with E-state index in [2.05, 4.69) is 16.0 Å². The third kappa shape index (κ3) is 4.76. The van der Waals surface area contributed by atoms with E-state index in [4.69, 9.17) is 0 Å². The van der Waals surface area contributed by atoms with Crippen LogP contribution in [0.4, 0.5) is 4.79 Å². The fourth-order valence-electron chi connectivity index (χ4n) is 2.41. The number of hydrogen-bond donors (Lipinski definition) is 3. The molecule has 98 valence electrons. The van der Waals surface area contributed by atoms with Gasteiger partial charge >= 0.3 is 6.03 Å². The van der Waals surface area contributed by atoms with Gasteiger partial charge in [-0.2, -0.15) is 11.8 Å². The third-order valence-electron chi connectivity index (χ3n) is 3.48. The largest absolute Gasteiger partial charge is 0.338 e. The molecule has 0 aromatic heterocycles. The summed E-state index contributed by atoms with van der Waals surface area (Å²) in [5, 5.41) is 9.30. The van der Waals surface area contributed by atoms with Crippen LogP contribution in [-0.4, -0.2) is 43.2 Å². The van der Waals surface area contributed by atoms with Crippen LogP contribution in [0.3, 0.4) is 0 Å². The van der Waals surface area contributed by atoms with Gasteiger partial charge in [-0.15, -0.1) is 0 Å². The second-order valence-electron chi connectivity index (χ2n) is 4.97. The summed E-state index contributed by atoms with van der Waals surface area (Å²) in [5.41, 5.74) is 0. The number of hydrogen-bond acceptors (Lipinski definition) is 3. The van der Waals surface area contributed by atoms with Crippen molar-refractivity contribution in [2.75, 3.05) is 31.1 Å². The van der Waals surface area contributed by atoms with E-state index in [0.717, 1.165) is 19.6 Å². The van der Waals surface area contributed by atoms with Crippen molar-refractivity contribution in [3.05, 3.63) is 0 Å². The number of rotatable bonds is 4. The topological polar surface area (TPSA) is 53.2 Å². The first-order valence-corrected chi connectivity index (χ1v) is 7.83. The van der Waals surface area contributed by atoms with Gasteiger partial charge < -0.3 is 16.0 Å². The monoisotopic (exact) mass is 257 g/mol. The third-order valence-corrected chi connectivity index (χ3v) is 4.76. The summed E-state index contributed by atoms with van der Waals surface area (Å²) in [5.74, 6) is 3.16. The zero-order chi connectivity index (χ0) is 11.9. The van der Waals surface area contributed by atoms with E-state index in [1.165, 1.54) is 37.2 Å². The lowest BCUT2D eigenvalue weighted by molar-refractivity contribution is 0.238. The molecule has 4 nitrogen and oxygen atoms in total. The van der Waals surface area contributed by atoms with E-state index in [0.29, 0.717) is 12.0 Å². The molecule has 2 fully saturated rings. The quantitative estimate of drug-likeness (QED) is 0.709. The highest BCUT2D eigenvalue weighted by atomic mass is 32.2. The second kappa shape index (κ2) is 7.11. The predicted octanol–water partition coefficient (Wildman–Crippen LogP) is 1.18. The Labute approximate surface area is 108 Å². The van der Waals surface area contributed by atoms with Crippen molar-refractivity contribution in [1.82, 2.24) is 16.0 Å². The van der Waals surface area contributed by atoms with Crippen LogP contribution in [0.2, 0.25) is 0 Å². The van der Waals surface area contributed by atoms with E-state index < -0.39 is 0 Å². The Morgan fingerprint density at radius 1 is 1.24 bits per heavy atom. The van der Waals surface area contributed by atoms with E-state index in [1.54, 1.807) is 0 Å². The van der Waals surface area contributed by atoms with Crippen LogP contribution in [-0.2, 0) is 0 Å². The van der Waals surface area contributed by atoms with Gasteiger partial charge in [0.2, 0.25) is 0 Å². The normalized spacial score (nSPS) is 28.9. The van der Waals surface area contributed by atoms with Crippen LogP contribution in [0.1, 0.15) is 25.7 Å². The standard InChI is InChI=1S/C12H23N3OS/c16-12(15-8-11-4-1-5-13-11)14-7-10-3-2-6-17-9-10/h10-11,13H,1-9H2,(H2,14,15,16). The summed E-state index contributed by atoms with van der Waals surface area (Å²) in [6, 6.07) is 0.472. The molecule has 0 bridgehead atoms. The van der Waals surface area contributed by atoms with Crippen molar-refractivity contribution in [3.8, 4) is 0 Å². The van der Waals surface area contributed by atoms with Gasteiger partial charge in [-0.3, -0.25) is 0 Å². The molecule has 2 aliphatic rings. The van der Waals surface area contributed by atoms with Crippen molar-refractivity contribution >= 4 is 17.8 Å². The summed E-state index contributed by atoms with van der Waals surface area (Å²) >= 11 is 2.01. The maximum Gasteiger partial charge on any atom is 0.314 e. The molecule has 0 spiro atoms. The van der Waals surface area contributed by atoms with Crippen molar-refractivity contribution in [1.29, 1.82) is 0 Å². The van der Waals surface area contributed by atoms with E-state index in [-0.39, 0.29) is 6.03 Å². The Bertz CT molecular complexity index is 238. The van der Waals surface area contributed by atoms with Crippen LogP contribution in [0.15, 0.2) is 0 Å². The molecule has 2 amide bonds. The summed E-state index contributed by atoms with van der Waals surface area (Å²) in [4.78, 5) is 11.6. The molecule has 0 aliphatic carbocycles. The molecule has 2 rings (SSSR count). The molecule has 2 unspecified atom stereocenters. The molecule has 0 aromatic carbocycles. The summed E-state index contributed by atoms with van der Waals surface area (Å²) in [7, 11) is 0. The molecular weight excluding hydrogens is 234 g/mol. The average Bonchev–Trinajstić information content (AvgIpc) is 2.88. The van der Waals surface area contributed by atoms with Gasteiger partial charge in [-0.1, -0.05) is 0 Å². The number of carbonyl (C=O) groups excluding carboxylic acids is 1. The molecule has 5 heteroatoms. The first-order chi connectivity index (χ1) is 8.34. The summed E-state index contributed by atoms with van der Waals surface area (Å²) in [6.45, 7) is 2.68. The summed E-state index contributed by atoms with van der Waals surface area (Å²) in [6.07, 6.45) is 4.97. The van der Waals surface area contributed by atoms with E-state index in [9.17, 15) is 4.79 Å². The molecule has 0 saturated carbocycles. The zero-order valence-electron chi connectivity index (χ0n) is 10.3. The Hall–Kier alpha value is -0.420. The van der Waals surface area contributed by atoms with E-state index in [1.807, 2.05) is 11.8 Å². The Morgan fingerprint density at radius 2 is 2.12 bits per heavy atom. The first kappa shape index (κ1) is 13.0. The summed E-state index contributed by atoms with van der Waals surface area (Å²) < 4.78 is 0. The minimum atomic E-state index is -0.00530. The lowest BCUT2D eigenvalue weighted by Gasteiger charge is -2.21. The Kier molecular flexibility index (Phi) is 5.45. The van der Waals surface area contributed by atoms with Crippen LogP contribution >= 0.6 is 11.8 Å². The van der Waals surface area contributed by atoms with Crippen molar-refractivity contribution in [2.24, 2.45) is 5.92 Å². The number of amides is 2. The lowest BCUT2D eigenvalue weighted by atomic mass is 10.1. The predicted molar refractivity (Wildman–Crippen MR) is 72.5 cm³/mol. The van der Waals surface area contributed by atoms with Crippen molar-refractivity contribution < 1.29 is 4.79 Å².